The molecule has 0 saturated heterocycles. The maximum absolute atomic E-state index is 13.7. The number of nitrogens with two attached hydrogens (primary N) is 1. The van der Waals surface area contributed by atoms with Crippen LogP contribution in [0.1, 0.15) is 15.9 Å². The molecule has 0 spiro atoms. The monoisotopic (exact) mass is 403 g/mol. The Kier molecular flexibility index (Phi) is 5.81. The van der Waals surface area contributed by atoms with Gasteiger partial charge in [-0.1, -0.05) is 36.0 Å². The zero-order valence-corrected chi connectivity index (χ0v) is 14.6. The Morgan fingerprint density at radius 2 is 1.67 bits per heavy atom. The summed E-state index contributed by atoms with van der Waals surface area (Å²) >= 11 is 4.65. The maximum Gasteiger partial charge on any atom is 0.431 e. The molecule has 10 heteroatoms. The first-order chi connectivity index (χ1) is 12.5. The minimum atomic E-state index is -5.22. The molecular weight excluding hydrogens is 389 g/mol. The van der Waals surface area contributed by atoms with E-state index in [1.165, 1.54) is 24.3 Å². The van der Waals surface area contributed by atoms with E-state index in [0.29, 0.717) is 0 Å². The van der Waals surface area contributed by atoms with Crippen LogP contribution >= 0.6 is 12.2 Å². The van der Waals surface area contributed by atoms with Crippen molar-refractivity contribution in [2.75, 3.05) is 5.32 Å². The van der Waals surface area contributed by atoms with Gasteiger partial charge in [-0.15, -0.1) is 0 Å². The largest absolute Gasteiger partial charge is 0.431 e. The molecule has 0 bridgehead atoms. The maximum atomic E-state index is 13.7. The molecule has 0 aliphatic heterocycles. The molecule has 0 aliphatic carbocycles. The fourth-order valence-corrected chi connectivity index (χ4v) is 2.31. The Balaban J connectivity index is 2.32. The van der Waals surface area contributed by atoms with Crippen LogP contribution < -0.4 is 16.4 Å². The third-order valence-corrected chi connectivity index (χ3v) is 4.05. The van der Waals surface area contributed by atoms with Gasteiger partial charge in [0.2, 0.25) is 5.66 Å². The zero-order valence-electron chi connectivity index (χ0n) is 13.8. The fraction of sp³-hybridized carbons (Fsp3) is 0.176. The summed E-state index contributed by atoms with van der Waals surface area (Å²) < 4.78 is 67.6. The molecule has 4 N–H and O–H groups in total. The van der Waals surface area contributed by atoms with E-state index in [2.05, 4.69) is 12.2 Å². The number of halogens is 5. The Morgan fingerprint density at radius 3 is 2.22 bits per heavy atom. The Morgan fingerprint density at radius 1 is 1.07 bits per heavy atom. The van der Waals surface area contributed by atoms with Gasteiger partial charge in [0, 0.05) is 5.56 Å². The average Bonchev–Trinajstić information content (AvgIpc) is 2.58. The molecule has 27 heavy (non-hydrogen) atoms. The first kappa shape index (κ1) is 20.7. The lowest BCUT2D eigenvalue weighted by Gasteiger charge is -2.33. The van der Waals surface area contributed by atoms with Crippen molar-refractivity contribution in [3.8, 4) is 0 Å². The van der Waals surface area contributed by atoms with Crippen molar-refractivity contribution >= 4 is 28.8 Å². The minimum absolute atomic E-state index is 0.0839. The van der Waals surface area contributed by atoms with Crippen LogP contribution in [-0.2, 0) is 0 Å². The summed E-state index contributed by atoms with van der Waals surface area (Å²) in [4.78, 5) is 11.0. The number of amides is 1. The summed E-state index contributed by atoms with van der Waals surface area (Å²) in [5.74, 6) is -3.87. The van der Waals surface area contributed by atoms with Gasteiger partial charge >= 0.3 is 6.18 Å². The number of anilines is 1. The summed E-state index contributed by atoms with van der Waals surface area (Å²) in [5.41, 5.74) is 1.89. The molecule has 0 heterocycles. The number of aryl methyl sites for hydroxylation is 1. The van der Waals surface area contributed by atoms with Gasteiger partial charge in [0.25, 0.3) is 5.91 Å². The van der Waals surface area contributed by atoms with E-state index in [4.69, 9.17) is 5.73 Å². The second kappa shape index (κ2) is 7.57. The normalized spacial score (nSPS) is 13.6. The first-order valence-corrected chi connectivity index (χ1v) is 7.87. The average molecular weight is 403 g/mol. The fourth-order valence-electron chi connectivity index (χ4n) is 2.03. The molecule has 0 radical (unpaired) electrons. The number of alkyl halides is 3. The number of carbonyl (C=O) groups excluding carboxylic acids is 1. The van der Waals surface area contributed by atoms with Gasteiger partial charge in [0.1, 0.15) is 4.99 Å². The molecule has 144 valence electrons. The van der Waals surface area contributed by atoms with E-state index in [-0.39, 0.29) is 5.56 Å². The standard InChI is InChI=1S/C17H14F5N3OS/c1-9-5-7-10(8-6-9)14(26)25-16(23,17(20,21)22)15(27)24-12-4-2-3-11(18)13(12)19/h2-8H,23H2,1H3,(H,24,27)(H,25,26). The first-order valence-electron chi connectivity index (χ1n) is 7.46. The van der Waals surface area contributed by atoms with Crippen molar-refractivity contribution in [2.45, 2.75) is 18.8 Å². The number of benzene rings is 2. The van der Waals surface area contributed by atoms with E-state index in [1.54, 1.807) is 12.2 Å². The number of hydrogen-bond acceptors (Lipinski definition) is 3. The van der Waals surface area contributed by atoms with Crippen LogP contribution in [0.15, 0.2) is 42.5 Å². The van der Waals surface area contributed by atoms with E-state index >= 15 is 0 Å². The van der Waals surface area contributed by atoms with Crippen LogP contribution in [0.25, 0.3) is 0 Å². The van der Waals surface area contributed by atoms with Crippen molar-refractivity contribution in [2.24, 2.45) is 5.73 Å². The summed E-state index contributed by atoms with van der Waals surface area (Å²) in [5, 5.41) is 3.54. The number of nitrogens with one attached hydrogen (secondary N) is 2. The number of hydrogen-bond donors (Lipinski definition) is 3. The number of rotatable bonds is 4. The van der Waals surface area contributed by atoms with Crippen LogP contribution in [0.2, 0.25) is 0 Å². The quantitative estimate of drug-likeness (QED) is 0.414. The predicted octanol–water partition coefficient (Wildman–Crippen LogP) is 3.66. The van der Waals surface area contributed by atoms with Gasteiger partial charge in [-0.2, -0.15) is 13.2 Å². The molecule has 2 aromatic rings. The van der Waals surface area contributed by atoms with Crippen LogP contribution in [0.5, 0.6) is 0 Å². The Labute approximate surface area is 156 Å². The molecule has 2 rings (SSSR count). The summed E-state index contributed by atoms with van der Waals surface area (Å²) in [7, 11) is 0. The van der Waals surface area contributed by atoms with Crippen molar-refractivity contribution in [3.05, 3.63) is 65.2 Å². The molecule has 0 aromatic heterocycles. The molecule has 1 atom stereocenters. The molecule has 0 aliphatic rings. The van der Waals surface area contributed by atoms with Crippen LogP contribution in [-0.4, -0.2) is 22.7 Å². The Bertz CT molecular complexity index is 870. The second-order valence-electron chi connectivity index (χ2n) is 5.68. The van der Waals surface area contributed by atoms with E-state index < -0.39 is 40.1 Å². The highest BCUT2D eigenvalue weighted by Crippen LogP contribution is 2.29. The van der Waals surface area contributed by atoms with E-state index in [1.807, 2.05) is 5.32 Å². The zero-order chi connectivity index (χ0) is 20.4. The summed E-state index contributed by atoms with van der Waals surface area (Å²) in [6, 6.07) is 8.50. The lowest BCUT2D eigenvalue weighted by atomic mass is 10.1. The van der Waals surface area contributed by atoms with Crippen molar-refractivity contribution in [1.29, 1.82) is 0 Å². The van der Waals surface area contributed by atoms with Crippen molar-refractivity contribution in [3.63, 3.8) is 0 Å². The van der Waals surface area contributed by atoms with Gasteiger partial charge < -0.3 is 10.6 Å². The van der Waals surface area contributed by atoms with Crippen LogP contribution in [0.3, 0.4) is 0 Å². The lowest BCUT2D eigenvalue weighted by Crippen LogP contribution is -2.71. The van der Waals surface area contributed by atoms with Gasteiger partial charge in [0.15, 0.2) is 11.6 Å². The SMILES string of the molecule is Cc1ccc(C(=O)NC(N)(C(=S)Nc2cccc(F)c2F)C(F)(F)F)cc1. The molecule has 1 amide bonds. The third-order valence-electron chi connectivity index (χ3n) is 3.63. The van der Waals surface area contributed by atoms with Crippen LogP contribution in [0.4, 0.5) is 27.6 Å². The lowest BCUT2D eigenvalue weighted by molar-refractivity contribution is -0.170. The summed E-state index contributed by atoms with van der Waals surface area (Å²) in [6.45, 7) is 1.73. The minimum Gasteiger partial charge on any atom is -0.344 e. The van der Waals surface area contributed by atoms with E-state index in [9.17, 15) is 26.7 Å². The molecule has 0 saturated carbocycles. The van der Waals surface area contributed by atoms with Gasteiger partial charge in [0.05, 0.1) is 5.69 Å². The predicted molar refractivity (Wildman–Crippen MR) is 94.2 cm³/mol. The van der Waals surface area contributed by atoms with Crippen molar-refractivity contribution in [1.82, 2.24) is 5.32 Å². The second-order valence-corrected chi connectivity index (χ2v) is 6.09. The number of thiocarbonyl (C=S) groups is 1. The van der Waals surface area contributed by atoms with Gasteiger partial charge in [-0.3, -0.25) is 10.5 Å². The molecule has 0 fully saturated rings. The molecule has 2 aromatic carbocycles. The Hall–Kier alpha value is -2.59. The smallest absolute Gasteiger partial charge is 0.344 e. The van der Waals surface area contributed by atoms with Gasteiger partial charge in [-0.05, 0) is 31.2 Å². The molecule has 4 nitrogen and oxygen atoms in total. The highest BCUT2D eigenvalue weighted by molar-refractivity contribution is 7.80. The van der Waals surface area contributed by atoms with Gasteiger partial charge in [-0.25, -0.2) is 8.78 Å². The third kappa shape index (κ3) is 4.40. The van der Waals surface area contributed by atoms with Crippen molar-refractivity contribution < 1.29 is 26.7 Å². The van der Waals surface area contributed by atoms with E-state index in [0.717, 1.165) is 23.8 Å². The highest BCUT2D eigenvalue weighted by atomic mass is 32.1. The highest BCUT2D eigenvalue weighted by Gasteiger charge is 2.57. The number of carbonyl (C=O) groups is 1. The van der Waals surface area contributed by atoms with Crippen LogP contribution in [0, 0.1) is 18.6 Å². The summed E-state index contributed by atoms with van der Waals surface area (Å²) in [6.07, 6.45) is -5.22. The topological polar surface area (TPSA) is 67.2 Å². The molecule has 1 unspecified atom stereocenters. The molecular formula is C17H14F5N3OS.